The second kappa shape index (κ2) is 12.1. The first-order chi connectivity index (χ1) is 17.8. The summed E-state index contributed by atoms with van der Waals surface area (Å²) in [7, 11) is 3.92. The number of anilines is 1. The Morgan fingerprint density at radius 3 is 2.38 bits per heavy atom. The predicted octanol–water partition coefficient (Wildman–Crippen LogP) is 3.71. The smallest absolute Gasteiger partial charge is 0.308 e. The van der Waals surface area contributed by atoms with Crippen molar-refractivity contribution >= 4 is 23.5 Å². The van der Waals surface area contributed by atoms with Gasteiger partial charge >= 0.3 is 5.97 Å². The van der Waals surface area contributed by atoms with E-state index < -0.39 is 0 Å². The van der Waals surface area contributed by atoms with Crippen molar-refractivity contribution in [3.8, 4) is 11.5 Å². The molecule has 0 atom stereocenters. The maximum absolute atomic E-state index is 13.3. The van der Waals surface area contributed by atoms with Gasteiger partial charge in [0.15, 0.2) is 11.5 Å². The van der Waals surface area contributed by atoms with Crippen LogP contribution in [0.1, 0.15) is 54.1 Å². The normalized spacial score (nSPS) is 18.4. The molecule has 4 rings (SSSR count). The summed E-state index contributed by atoms with van der Waals surface area (Å²) in [5.74, 6) is 0.396. The zero-order chi connectivity index (χ0) is 26.4. The van der Waals surface area contributed by atoms with Crippen LogP contribution in [0.25, 0.3) is 0 Å². The lowest BCUT2D eigenvalue weighted by Gasteiger charge is -2.26. The van der Waals surface area contributed by atoms with E-state index in [0.29, 0.717) is 68.1 Å². The van der Waals surface area contributed by atoms with Crippen LogP contribution in [0.4, 0.5) is 5.69 Å². The Balaban J connectivity index is 1.43. The topological polar surface area (TPSA) is 106 Å². The summed E-state index contributed by atoms with van der Waals surface area (Å²) in [6, 6.07) is 11.1. The van der Waals surface area contributed by atoms with Gasteiger partial charge in [0, 0.05) is 19.0 Å². The van der Waals surface area contributed by atoms with Crippen molar-refractivity contribution < 1.29 is 28.6 Å². The third-order valence-electron chi connectivity index (χ3n) is 6.69. The highest BCUT2D eigenvalue weighted by atomic mass is 16.7. The van der Waals surface area contributed by atoms with Crippen LogP contribution < -0.4 is 20.1 Å². The van der Waals surface area contributed by atoms with E-state index in [9.17, 15) is 14.4 Å². The molecular weight excluding hydrogens is 474 g/mol. The number of fused-ring (bicyclic) bond motifs is 1. The van der Waals surface area contributed by atoms with Crippen LogP contribution in [-0.4, -0.2) is 50.2 Å². The van der Waals surface area contributed by atoms with Crippen molar-refractivity contribution in [1.29, 1.82) is 0 Å². The molecule has 1 aliphatic carbocycles. The monoisotopic (exact) mass is 509 g/mol. The van der Waals surface area contributed by atoms with Crippen molar-refractivity contribution in [2.45, 2.75) is 45.7 Å². The maximum atomic E-state index is 13.3. The zero-order valence-corrected chi connectivity index (χ0v) is 21.7. The Kier molecular flexibility index (Phi) is 8.66. The predicted molar refractivity (Wildman–Crippen MR) is 138 cm³/mol. The van der Waals surface area contributed by atoms with Gasteiger partial charge in [-0.1, -0.05) is 12.1 Å². The molecule has 1 saturated carbocycles. The molecule has 1 heterocycles. The van der Waals surface area contributed by atoms with Gasteiger partial charge in [-0.3, -0.25) is 14.4 Å². The number of amides is 2. The van der Waals surface area contributed by atoms with Gasteiger partial charge in [0.2, 0.25) is 12.7 Å². The number of benzene rings is 2. The van der Waals surface area contributed by atoms with Crippen LogP contribution in [-0.2, 0) is 27.4 Å². The van der Waals surface area contributed by atoms with E-state index in [0.717, 1.165) is 11.1 Å². The zero-order valence-electron chi connectivity index (χ0n) is 21.7. The minimum Gasteiger partial charge on any atom is -0.466 e. The number of nitrogens with zero attached hydrogens (tertiary/aromatic N) is 1. The van der Waals surface area contributed by atoms with Gasteiger partial charge in [-0.25, -0.2) is 0 Å². The summed E-state index contributed by atoms with van der Waals surface area (Å²) in [5.41, 5.74) is 2.73. The quantitative estimate of drug-likeness (QED) is 0.497. The fraction of sp³-hybridized carbons (Fsp3) is 0.464. The fourth-order valence-electron chi connectivity index (χ4n) is 4.77. The highest BCUT2D eigenvalue weighted by Crippen LogP contribution is 2.33. The third kappa shape index (κ3) is 6.80. The summed E-state index contributed by atoms with van der Waals surface area (Å²) < 4.78 is 15.9. The first kappa shape index (κ1) is 26.5. The molecule has 2 N–H and O–H groups in total. The number of esters is 1. The molecule has 9 heteroatoms. The van der Waals surface area contributed by atoms with Gasteiger partial charge in [0.1, 0.15) is 0 Å². The lowest BCUT2D eigenvalue weighted by molar-refractivity contribution is -0.150. The van der Waals surface area contributed by atoms with Crippen LogP contribution in [0.5, 0.6) is 11.5 Å². The molecule has 2 aromatic rings. The highest BCUT2D eigenvalue weighted by molar-refractivity contribution is 6.04. The Labute approximate surface area is 217 Å². The summed E-state index contributed by atoms with van der Waals surface area (Å²) in [6.07, 6.45) is 2.47. The summed E-state index contributed by atoms with van der Waals surface area (Å²) in [6.45, 7) is 3.32. The molecule has 1 fully saturated rings. The molecule has 0 saturated heterocycles. The lowest BCUT2D eigenvalue weighted by Crippen LogP contribution is -2.31. The minimum atomic E-state index is -0.278. The number of hydrogen-bond donors (Lipinski definition) is 2. The van der Waals surface area contributed by atoms with Crippen molar-refractivity contribution in [3.05, 3.63) is 53.1 Å². The van der Waals surface area contributed by atoms with Gasteiger partial charge < -0.3 is 29.7 Å². The van der Waals surface area contributed by atoms with Gasteiger partial charge in [-0.15, -0.1) is 0 Å². The number of carbonyl (C=O) groups excluding carboxylic acids is 3. The average Bonchev–Trinajstić information content (AvgIpc) is 3.36. The fourth-order valence-corrected chi connectivity index (χ4v) is 4.77. The number of carbonyl (C=O) groups is 3. The first-order valence-corrected chi connectivity index (χ1v) is 12.8. The molecule has 0 bridgehead atoms. The van der Waals surface area contributed by atoms with E-state index >= 15 is 0 Å². The SMILES string of the molecule is CCOC(=O)C1CCC(C(=O)Nc2ccc(CN(C)C)cc2C(=O)NCc2ccc3c(c2)OCO3)CC1. The molecule has 9 nitrogen and oxygen atoms in total. The van der Waals surface area contributed by atoms with E-state index in [1.807, 2.05) is 49.3 Å². The van der Waals surface area contributed by atoms with Crippen molar-refractivity contribution in [3.63, 3.8) is 0 Å². The third-order valence-corrected chi connectivity index (χ3v) is 6.69. The van der Waals surface area contributed by atoms with E-state index in [2.05, 4.69) is 10.6 Å². The van der Waals surface area contributed by atoms with Gasteiger partial charge in [-0.05, 0) is 82.1 Å². The molecule has 0 radical (unpaired) electrons. The second-order valence-electron chi connectivity index (χ2n) is 9.78. The van der Waals surface area contributed by atoms with E-state index in [4.69, 9.17) is 14.2 Å². The van der Waals surface area contributed by atoms with Crippen LogP contribution in [0, 0.1) is 11.8 Å². The summed E-state index contributed by atoms with van der Waals surface area (Å²) in [5, 5.41) is 5.94. The second-order valence-corrected chi connectivity index (χ2v) is 9.78. The Hall–Kier alpha value is -3.59. The number of ether oxygens (including phenoxy) is 3. The Morgan fingerprint density at radius 1 is 0.946 bits per heavy atom. The molecular formula is C28H35N3O6. The van der Waals surface area contributed by atoms with Crippen LogP contribution in [0.2, 0.25) is 0 Å². The van der Waals surface area contributed by atoms with Crippen LogP contribution in [0.3, 0.4) is 0 Å². The summed E-state index contributed by atoms with van der Waals surface area (Å²) in [4.78, 5) is 40.4. The van der Waals surface area contributed by atoms with Crippen LogP contribution in [0.15, 0.2) is 36.4 Å². The van der Waals surface area contributed by atoms with E-state index in [-0.39, 0.29) is 36.4 Å². The molecule has 198 valence electrons. The lowest BCUT2D eigenvalue weighted by atomic mass is 9.81. The Bertz CT molecular complexity index is 1140. The maximum Gasteiger partial charge on any atom is 0.308 e. The molecule has 0 spiro atoms. The Morgan fingerprint density at radius 2 is 1.65 bits per heavy atom. The van der Waals surface area contributed by atoms with Crippen molar-refractivity contribution in [2.24, 2.45) is 11.8 Å². The van der Waals surface area contributed by atoms with Gasteiger partial charge in [-0.2, -0.15) is 0 Å². The molecule has 0 aromatic heterocycles. The standard InChI is InChI=1S/C28H35N3O6/c1-4-35-28(34)21-9-7-20(8-10-21)26(32)30-23-11-5-19(16-31(2)3)13-22(23)27(33)29-15-18-6-12-24-25(14-18)37-17-36-24/h5-6,11-14,20-21H,4,7-10,15-17H2,1-3H3,(H,29,33)(H,30,32). The molecule has 2 aliphatic rings. The molecule has 37 heavy (non-hydrogen) atoms. The van der Waals surface area contributed by atoms with Gasteiger partial charge in [0.05, 0.1) is 23.8 Å². The molecule has 1 aliphatic heterocycles. The summed E-state index contributed by atoms with van der Waals surface area (Å²) >= 11 is 0. The minimum absolute atomic E-state index is 0.132. The average molecular weight is 510 g/mol. The molecule has 2 amide bonds. The first-order valence-electron chi connectivity index (χ1n) is 12.8. The number of nitrogens with one attached hydrogen (secondary N) is 2. The van der Waals surface area contributed by atoms with Crippen LogP contribution >= 0.6 is 0 Å². The van der Waals surface area contributed by atoms with Crippen molar-refractivity contribution in [1.82, 2.24) is 10.2 Å². The van der Waals surface area contributed by atoms with Gasteiger partial charge in [0.25, 0.3) is 5.91 Å². The van der Waals surface area contributed by atoms with E-state index in [1.165, 1.54) is 0 Å². The van der Waals surface area contributed by atoms with E-state index in [1.54, 1.807) is 13.0 Å². The van der Waals surface area contributed by atoms with Crippen molar-refractivity contribution in [2.75, 3.05) is 32.8 Å². The molecule has 0 unspecified atom stereocenters. The molecule has 2 aromatic carbocycles. The largest absolute Gasteiger partial charge is 0.466 e. The number of hydrogen-bond acceptors (Lipinski definition) is 7. The highest BCUT2D eigenvalue weighted by Gasteiger charge is 2.31. The number of rotatable bonds is 9.